The summed E-state index contributed by atoms with van der Waals surface area (Å²) in [5.41, 5.74) is 3.43. The largest absolute Gasteiger partial charge is 0.493 e. The molecule has 4 aromatic rings. The molecule has 1 aromatic heterocycles. The number of carbonyl (C=O) groups excluding carboxylic acids is 1. The third-order valence-electron chi connectivity index (χ3n) is 5.98. The Hall–Kier alpha value is -3.84. The van der Waals surface area contributed by atoms with Crippen molar-refractivity contribution in [2.75, 3.05) is 20.8 Å². The van der Waals surface area contributed by atoms with E-state index in [-0.39, 0.29) is 24.3 Å². The van der Waals surface area contributed by atoms with Gasteiger partial charge in [0, 0.05) is 24.4 Å². The van der Waals surface area contributed by atoms with Gasteiger partial charge in [-0.1, -0.05) is 48.0 Å². The van der Waals surface area contributed by atoms with Crippen LogP contribution in [0.4, 0.5) is 0 Å². The average Bonchev–Trinajstić information content (AvgIpc) is 2.90. The van der Waals surface area contributed by atoms with Crippen molar-refractivity contribution in [3.63, 3.8) is 0 Å². The standard InChI is InChI=1S/C28H28ClN3O4/c1-35-25-13-11-19(17-26(25)36-2)15-16-30-27(33)14-12-23-28(34)32(18-20-7-3-4-8-21(20)29)24-10-6-5-9-22(24)31-23/h3-11,13,17H,12,14-16,18H2,1-2H3,(H,30,33). The van der Waals surface area contributed by atoms with Gasteiger partial charge in [0.25, 0.3) is 5.56 Å². The molecule has 0 bridgehead atoms. The number of aromatic nitrogens is 2. The summed E-state index contributed by atoms with van der Waals surface area (Å²) >= 11 is 6.35. The minimum absolute atomic E-state index is 0.137. The normalized spacial score (nSPS) is 10.9. The number of fused-ring (bicyclic) bond motifs is 1. The minimum atomic E-state index is -0.216. The first-order valence-electron chi connectivity index (χ1n) is 11.7. The van der Waals surface area contributed by atoms with E-state index in [4.69, 9.17) is 21.1 Å². The van der Waals surface area contributed by atoms with Crippen LogP contribution < -0.4 is 20.3 Å². The van der Waals surface area contributed by atoms with Crippen LogP contribution in [0.15, 0.2) is 71.5 Å². The first-order chi connectivity index (χ1) is 17.5. The molecule has 0 aliphatic heterocycles. The van der Waals surface area contributed by atoms with Gasteiger partial charge in [0.15, 0.2) is 11.5 Å². The van der Waals surface area contributed by atoms with Gasteiger partial charge < -0.3 is 19.4 Å². The topological polar surface area (TPSA) is 82.5 Å². The summed E-state index contributed by atoms with van der Waals surface area (Å²) in [5.74, 6) is 1.17. The van der Waals surface area contributed by atoms with E-state index >= 15 is 0 Å². The molecule has 0 fully saturated rings. The number of hydrogen-bond acceptors (Lipinski definition) is 5. The van der Waals surface area contributed by atoms with Gasteiger partial charge in [-0.25, -0.2) is 4.98 Å². The number of hydrogen-bond donors (Lipinski definition) is 1. The van der Waals surface area contributed by atoms with Crippen LogP contribution in [0.5, 0.6) is 11.5 Å². The molecule has 186 valence electrons. The average molecular weight is 506 g/mol. The Morgan fingerprint density at radius 3 is 2.50 bits per heavy atom. The van der Waals surface area contributed by atoms with Crippen molar-refractivity contribution >= 4 is 28.5 Å². The number of rotatable bonds is 10. The number of carbonyl (C=O) groups is 1. The maximum Gasteiger partial charge on any atom is 0.273 e. The minimum Gasteiger partial charge on any atom is -0.493 e. The zero-order valence-electron chi connectivity index (χ0n) is 20.3. The first kappa shape index (κ1) is 25.3. The molecular weight excluding hydrogens is 478 g/mol. The van der Waals surface area contributed by atoms with Crippen LogP contribution in [0.2, 0.25) is 5.02 Å². The summed E-state index contributed by atoms with van der Waals surface area (Å²) in [5, 5.41) is 3.52. The van der Waals surface area contributed by atoms with Crippen molar-refractivity contribution in [1.82, 2.24) is 14.9 Å². The maximum atomic E-state index is 13.3. The Morgan fingerprint density at radius 2 is 1.72 bits per heavy atom. The lowest BCUT2D eigenvalue weighted by Crippen LogP contribution is -2.29. The summed E-state index contributed by atoms with van der Waals surface area (Å²) in [7, 11) is 3.18. The van der Waals surface area contributed by atoms with Crippen molar-refractivity contribution in [2.24, 2.45) is 0 Å². The zero-order chi connectivity index (χ0) is 25.5. The monoisotopic (exact) mass is 505 g/mol. The summed E-state index contributed by atoms with van der Waals surface area (Å²) in [6, 6.07) is 20.6. The van der Waals surface area contributed by atoms with Crippen molar-refractivity contribution in [3.8, 4) is 11.5 Å². The summed E-state index contributed by atoms with van der Waals surface area (Å²) in [6.45, 7) is 0.794. The van der Waals surface area contributed by atoms with E-state index in [0.717, 1.165) is 16.6 Å². The molecule has 0 radical (unpaired) electrons. The predicted octanol–water partition coefficient (Wildman–Crippen LogP) is 4.41. The highest BCUT2D eigenvalue weighted by Crippen LogP contribution is 2.27. The van der Waals surface area contributed by atoms with Crippen molar-refractivity contribution in [3.05, 3.63) is 98.9 Å². The molecule has 4 rings (SSSR count). The van der Waals surface area contributed by atoms with Gasteiger partial charge in [-0.15, -0.1) is 0 Å². The first-order valence-corrected chi connectivity index (χ1v) is 12.1. The van der Waals surface area contributed by atoms with Crippen molar-refractivity contribution in [1.29, 1.82) is 0 Å². The second-order valence-electron chi connectivity index (χ2n) is 8.32. The van der Waals surface area contributed by atoms with E-state index < -0.39 is 0 Å². The van der Waals surface area contributed by atoms with Crippen molar-refractivity contribution < 1.29 is 14.3 Å². The van der Waals surface area contributed by atoms with Gasteiger partial charge in [-0.05, 0) is 47.9 Å². The number of nitrogens with zero attached hydrogens (tertiary/aromatic N) is 2. The lowest BCUT2D eigenvalue weighted by molar-refractivity contribution is -0.121. The predicted molar refractivity (Wildman–Crippen MR) is 141 cm³/mol. The molecule has 0 aliphatic carbocycles. The van der Waals surface area contributed by atoms with E-state index in [2.05, 4.69) is 10.3 Å². The van der Waals surface area contributed by atoms with Crippen LogP contribution in [-0.4, -0.2) is 36.2 Å². The smallest absolute Gasteiger partial charge is 0.273 e. The van der Waals surface area contributed by atoms with E-state index in [0.29, 0.717) is 47.2 Å². The molecule has 1 heterocycles. The Bertz CT molecular complexity index is 1430. The summed E-state index contributed by atoms with van der Waals surface area (Å²) in [6.07, 6.45) is 1.05. The van der Waals surface area contributed by atoms with E-state index in [1.54, 1.807) is 24.9 Å². The van der Waals surface area contributed by atoms with E-state index in [1.807, 2.05) is 60.7 Å². The molecule has 0 spiro atoms. The highest BCUT2D eigenvalue weighted by molar-refractivity contribution is 6.31. The van der Waals surface area contributed by atoms with Crippen molar-refractivity contribution in [2.45, 2.75) is 25.8 Å². The highest BCUT2D eigenvalue weighted by Gasteiger charge is 2.14. The molecule has 0 aliphatic rings. The quantitative estimate of drug-likeness (QED) is 0.345. The molecule has 3 aromatic carbocycles. The SMILES string of the molecule is COc1ccc(CCNC(=O)CCc2nc3ccccc3n(Cc3ccccc3Cl)c2=O)cc1OC. The lowest BCUT2D eigenvalue weighted by Gasteiger charge is -2.13. The molecule has 0 unspecified atom stereocenters. The fourth-order valence-corrected chi connectivity index (χ4v) is 4.26. The number of amides is 1. The summed E-state index contributed by atoms with van der Waals surface area (Å²) in [4.78, 5) is 30.4. The number of para-hydroxylation sites is 2. The fourth-order valence-electron chi connectivity index (χ4n) is 4.06. The fraction of sp³-hybridized carbons (Fsp3) is 0.250. The van der Waals surface area contributed by atoms with E-state index in [9.17, 15) is 9.59 Å². The van der Waals surface area contributed by atoms with Crippen LogP contribution in [0, 0.1) is 0 Å². The second-order valence-corrected chi connectivity index (χ2v) is 8.73. The van der Waals surface area contributed by atoms with Gasteiger partial charge in [-0.2, -0.15) is 0 Å². The third kappa shape index (κ3) is 5.86. The van der Waals surface area contributed by atoms with Gasteiger partial charge in [0.1, 0.15) is 5.69 Å². The third-order valence-corrected chi connectivity index (χ3v) is 6.35. The second kappa shape index (κ2) is 11.7. The molecule has 8 heteroatoms. The Morgan fingerprint density at radius 1 is 0.972 bits per heavy atom. The van der Waals surface area contributed by atoms with Gasteiger partial charge in [0.2, 0.25) is 5.91 Å². The highest BCUT2D eigenvalue weighted by atomic mass is 35.5. The number of benzene rings is 3. The van der Waals surface area contributed by atoms with Crippen LogP contribution >= 0.6 is 11.6 Å². The van der Waals surface area contributed by atoms with Gasteiger partial charge in [-0.3, -0.25) is 9.59 Å². The molecule has 36 heavy (non-hydrogen) atoms. The van der Waals surface area contributed by atoms with Crippen LogP contribution in [0.3, 0.4) is 0 Å². The number of nitrogens with one attached hydrogen (secondary N) is 1. The molecule has 0 saturated carbocycles. The number of ether oxygens (including phenoxy) is 2. The molecule has 7 nitrogen and oxygen atoms in total. The van der Waals surface area contributed by atoms with E-state index in [1.165, 1.54) is 0 Å². The Balaban J connectivity index is 1.43. The lowest BCUT2D eigenvalue weighted by atomic mass is 10.1. The van der Waals surface area contributed by atoms with Gasteiger partial charge >= 0.3 is 0 Å². The van der Waals surface area contributed by atoms with Crippen LogP contribution in [0.25, 0.3) is 11.0 Å². The Kier molecular flexibility index (Phi) is 8.23. The molecule has 0 saturated heterocycles. The van der Waals surface area contributed by atoms with Gasteiger partial charge in [0.05, 0.1) is 31.8 Å². The van der Waals surface area contributed by atoms with Crippen LogP contribution in [-0.2, 0) is 24.2 Å². The molecule has 1 N–H and O–H groups in total. The maximum absolute atomic E-state index is 13.3. The summed E-state index contributed by atoms with van der Waals surface area (Å²) < 4.78 is 12.3. The molecular formula is C28H28ClN3O4. The number of halogens is 1. The molecule has 0 atom stereocenters. The zero-order valence-corrected chi connectivity index (χ0v) is 21.0. The molecule has 1 amide bonds. The number of aryl methyl sites for hydroxylation is 1. The Labute approximate surface area is 214 Å². The number of methoxy groups -OCH3 is 2. The van der Waals surface area contributed by atoms with Crippen LogP contribution in [0.1, 0.15) is 23.2 Å².